The molecule has 0 aliphatic carbocycles. The van der Waals surface area contributed by atoms with Gasteiger partial charge in [-0.2, -0.15) is 0 Å². The van der Waals surface area contributed by atoms with Gasteiger partial charge in [0.1, 0.15) is 23.4 Å². The Bertz CT molecular complexity index is 670. The Morgan fingerprint density at radius 2 is 2.12 bits per heavy atom. The molecule has 1 aromatic carbocycles. The van der Waals surface area contributed by atoms with Gasteiger partial charge >= 0.3 is 12.1 Å². The third kappa shape index (κ3) is 2.92. The Hall–Kier alpha value is -2.26. The molecule has 128 valence electrons. The predicted octanol–water partition coefficient (Wildman–Crippen LogP) is 0.548. The quantitative estimate of drug-likeness (QED) is 0.677. The Morgan fingerprint density at radius 1 is 1.42 bits per heavy atom. The summed E-state index contributed by atoms with van der Waals surface area (Å²) in [6.07, 6.45) is -0.736. The number of hydrogen-bond acceptors (Lipinski definition) is 6. The Morgan fingerprint density at radius 3 is 2.79 bits per heavy atom. The maximum absolute atomic E-state index is 11.9. The summed E-state index contributed by atoms with van der Waals surface area (Å²) in [4.78, 5) is 36.8. The summed E-state index contributed by atoms with van der Waals surface area (Å²) < 4.78 is 5.11. The lowest BCUT2D eigenvalue weighted by Crippen LogP contribution is -2.72. The molecule has 24 heavy (non-hydrogen) atoms. The molecular formula is C15H17N3O5S. The number of nitrogens with one attached hydrogen (secondary N) is 1. The van der Waals surface area contributed by atoms with E-state index in [4.69, 9.17) is 10.5 Å². The van der Waals surface area contributed by atoms with Gasteiger partial charge in [0.05, 0.1) is 0 Å². The minimum Gasteiger partial charge on any atom is -0.481 e. The number of aliphatic carboxylic acids is 1. The number of carbonyl (C=O) groups excluding carboxylic acids is 2. The van der Waals surface area contributed by atoms with E-state index in [0.29, 0.717) is 5.69 Å². The lowest BCUT2D eigenvalue weighted by molar-refractivity contribution is -0.158. The van der Waals surface area contributed by atoms with E-state index in [2.05, 4.69) is 5.32 Å². The van der Waals surface area contributed by atoms with Crippen LogP contribution in [-0.4, -0.2) is 58.3 Å². The lowest BCUT2D eigenvalue weighted by atomic mass is 9.88. The third-order valence-corrected chi connectivity index (χ3v) is 5.75. The van der Waals surface area contributed by atoms with Crippen LogP contribution < -0.4 is 11.1 Å². The van der Waals surface area contributed by atoms with Crippen LogP contribution in [0.4, 0.5) is 10.5 Å². The van der Waals surface area contributed by atoms with E-state index in [-0.39, 0.29) is 30.2 Å². The van der Waals surface area contributed by atoms with Gasteiger partial charge in [-0.1, -0.05) is 18.2 Å². The van der Waals surface area contributed by atoms with Gasteiger partial charge in [-0.25, -0.2) is 4.79 Å². The highest BCUT2D eigenvalue weighted by molar-refractivity contribution is 8.00. The number of carbonyl (C=O) groups is 3. The monoisotopic (exact) mass is 351 g/mol. The minimum absolute atomic E-state index is 0.00878. The van der Waals surface area contributed by atoms with Crippen molar-refractivity contribution in [1.29, 1.82) is 0 Å². The molecule has 3 atom stereocenters. The number of nitrogens with zero attached hydrogens (tertiary/aromatic N) is 1. The zero-order valence-corrected chi connectivity index (χ0v) is 13.5. The molecule has 2 amide bonds. The topological polar surface area (TPSA) is 122 Å². The van der Waals surface area contributed by atoms with Crippen LogP contribution in [0.2, 0.25) is 0 Å². The van der Waals surface area contributed by atoms with Crippen molar-refractivity contribution in [3.63, 3.8) is 0 Å². The van der Waals surface area contributed by atoms with Gasteiger partial charge in [-0.05, 0) is 12.1 Å². The number of nitrogens with two attached hydrogens (primary N) is 1. The van der Waals surface area contributed by atoms with Gasteiger partial charge in [0, 0.05) is 18.0 Å². The van der Waals surface area contributed by atoms with Crippen LogP contribution in [0.15, 0.2) is 30.3 Å². The number of anilines is 1. The van der Waals surface area contributed by atoms with Crippen LogP contribution in [0, 0.1) is 5.41 Å². The molecule has 4 N–H and O–H groups in total. The van der Waals surface area contributed by atoms with Crippen molar-refractivity contribution in [3.05, 3.63) is 30.3 Å². The van der Waals surface area contributed by atoms with Crippen molar-refractivity contribution in [2.24, 2.45) is 11.1 Å². The smallest absolute Gasteiger partial charge is 0.411 e. The number of amides is 2. The first kappa shape index (κ1) is 16.6. The van der Waals surface area contributed by atoms with Crippen LogP contribution in [0.1, 0.15) is 0 Å². The van der Waals surface area contributed by atoms with Gasteiger partial charge in [0.2, 0.25) is 5.91 Å². The molecule has 3 rings (SSSR count). The second-order valence-corrected chi connectivity index (χ2v) is 6.95. The fourth-order valence-corrected chi connectivity index (χ4v) is 4.16. The summed E-state index contributed by atoms with van der Waals surface area (Å²) in [5, 5.41) is 11.9. The number of hydrogen-bond donors (Lipinski definition) is 3. The van der Waals surface area contributed by atoms with Crippen molar-refractivity contribution in [3.8, 4) is 0 Å². The number of ether oxygens (including phenoxy) is 1. The number of benzene rings is 1. The summed E-state index contributed by atoms with van der Waals surface area (Å²) in [5.74, 6) is -1.15. The van der Waals surface area contributed by atoms with Gasteiger partial charge < -0.3 is 20.5 Å². The van der Waals surface area contributed by atoms with Crippen LogP contribution in [-0.2, 0) is 14.3 Å². The molecule has 2 unspecified atom stereocenters. The van der Waals surface area contributed by atoms with Crippen LogP contribution in [0.5, 0.6) is 0 Å². The van der Waals surface area contributed by atoms with Crippen molar-refractivity contribution < 1.29 is 24.2 Å². The molecule has 0 radical (unpaired) electrons. The highest BCUT2D eigenvalue weighted by Crippen LogP contribution is 2.41. The summed E-state index contributed by atoms with van der Waals surface area (Å²) >= 11 is 1.30. The first-order chi connectivity index (χ1) is 11.4. The van der Waals surface area contributed by atoms with E-state index in [0.717, 1.165) is 0 Å². The fourth-order valence-electron chi connectivity index (χ4n) is 2.69. The minimum atomic E-state index is -1.33. The molecule has 0 aromatic heterocycles. The normalized spacial score (nSPS) is 28.5. The number of rotatable bonds is 4. The molecule has 0 saturated carbocycles. The second-order valence-electron chi connectivity index (χ2n) is 5.85. The van der Waals surface area contributed by atoms with Crippen molar-refractivity contribution in [1.82, 2.24) is 4.90 Å². The van der Waals surface area contributed by atoms with Crippen molar-refractivity contribution >= 4 is 35.4 Å². The average Bonchev–Trinajstić information content (AvgIpc) is 2.59. The van der Waals surface area contributed by atoms with E-state index in [1.54, 1.807) is 30.3 Å². The Kier molecular flexibility index (Phi) is 4.37. The number of thioether (sulfide) groups is 1. The molecule has 2 heterocycles. The maximum atomic E-state index is 11.9. The standard InChI is InChI=1S/C15H17N3O5S/c16-10-11(19)18-6-15(13(20)21,8-24-12(10)18)7-23-14(22)17-9-4-2-1-3-5-9/h1-5,10,12H,6-8,16H2,(H,17,22)(H,20,21)/t10?,12-,15?/m1/s1. The second kappa shape index (κ2) is 6.33. The number of carboxylic acid groups (broad SMARTS) is 1. The SMILES string of the molecule is NC1C(=O)N2CC(COC(=O)Nc3ccccc3)(C(=O)O)CS[C@H]12. The fraction of sp³-hybridized carbons (Fsp3) is 0.400. The Labute approximate surface area is 142 Å². The molecule has 2 saturated heterocycles. The predicted molar refractivity (Wildman–Crippen MR) is 87.4 cm³/mol. The molecule has 9 heteroatoms. The van der Waals surface area contributed by atoms with E-state index < -0.39 is 23.5 Å². The molecular weight excluding hydrogens is 334 g/mol. The number of fused-ring (bicyclic) bond motifs is 1. The summed E-state index contributed by atoms with van der Waals surface area (Å²) in [7, 11) is 0. The first-order valence-electron chi connectivity index (χ1n) is 7.33. The maximum Gasteiger partial charge on any atom is 0.411 e. The lowest BCUT2D eigenvalue weighted by Gasteiger charge is -2.52. The largest absolute Gasteiger partial charge is 0.481 e. The molecule has 2 fully saturated rings. The van der Waals surface area contributed by atoms with Gasteiger partial charge in [0.25, 0.3) is 0 Å². The zero-order chi connectivity index (χ0) is 17.3. The number of β-lactam (4-membered cyclic amide) rings is 1. The summed E-state index contributed by atoms with van der Waals surface area (Å²) in [5.41, 5.74) is 4.92. The molecule has 2 aliphatic rings. The van der Waals surface area contributed by atoms with Gasteiger partial charge in [0.15, 0.2) is 0 Å². The molecule has 2 aliphatic heterocycles. The highest BCUT2D eigenvalue weighted by atomic mass is 32.2. The number of carboxylic acids is 1. The van der Waals surface area contributed by atoms with Crippen molar-refractivity contribution in [2.75, 3.05) is 24.2 Å². The first-order valence-corrected chi connectivity index (χ1v) is 8.38. The van der Waals surface area contributed by atoms with E-state index in [1.807, 2.05) is 0 Å². The summed E-state index contributed by atoms with van der Waals surface area (Å²) in [6.45, 7) is -0.328. The average molecular weight is 351 g/mol. The third-order valence-electron chi connectivity index (χ3n) is 4.14. The zero-order valence-electron chi connectivity index (χ0n) is 12.7. The van der Waals surface area contributed by atoms with E-state index in [1.165, 1.54) is 16.7 Å². The van der Waals surface area contributed by atoms with Crippen molar-refractivity contribution in [2.45, 2.75) is 11.4 Å². The molecule has 1 aromatic rings. The van der Waals surface area contributed by atoms with Crippen LogP contribution in [0.25, 0.3) is 0 Å². The van der Waals surface area contributed by atoms with Gasteiger partial charge in [-0.3, -0.25) is 14.9 Å². The van der Waals surface area contributed by atoms with Crippen LogP contribution >= 0.6 is 11.8 Å². The Balaban J connectivity index is 1.61. The van der Waals surface area contributed by atoms with E-state index in [9.17, 15) is 19.5 Å². The molecule has 0 spiro atoms. The number of para-hydroxylation sites is 1. The summed E-state index contributed by atoms with van der Waals surface area (Å²) in [6, 6.07) is 8.12. The van der Waals surface area contributed by atoms with E-state index >= 15 is 0 Å². The molecule has 8 nitrogen and oxygen atoms in total. The van der Waals surface area contributed by atoms with Crippen LogP contribution in [0.3, 0.4) is 0 Å². The molecule has 0 bridgehead atoms. The highest BCUT2D eigenvalue weighted by Gasteiger charge is 2.56. The van der Waals surface area contributed by atoms with Gasteiger partial charge in [-0.15, -0.1) is 11.8 Å².